The van der Waals surface area contributed by atoms with E-state index >= 15 is 0 Å². The first kappa shape index (κ1) is 61.3. The smallest absolute Gasteiger partial charge is 0.220 e. The van der Waals surface area contributed by atoms with E-state index in [4.69, 9.17) is 0 Å². The Kier molecular flexibility index (Phi) is 51.5. The van der Waals surface area contributed by atoms with Gasteiger partial charge in [-0.15, -0.1) is 0 Å². The average Bonchev–Trinajstić information content (AvgIpc) is 3.29. The monoisotopic (exact) mass is 884 g/mol. The van der Waals surface area contributed by atoms with E-state index in [0.717, 1.165) is 51.4 Å². The van der Waals surface area contributed by atoms with Gasteiger partial charge in [0.25, 0.3) is 0 Å². The van der Waals surface area contributed by atoms with Crippen LogP contribution in [0.3, 0.4) is 0 Å². The molecule has 1 amide bonds. The molecule has 0 radical (unpaired) electrons. The zero-order valence-corrected chi connectivity index (χ0v) is 42.2. The van der Waals surface area contributed by atoms with Crippen molar-refractivity contribution < 1.29 is 20.1 Å². The van der Waals surface area contributed by atoms with Crippen molar-refractivity contribution in [3.05, 3.63) is 48.6 Å². The molecule has 0 bridgehead atoms. The molecular weight excluding hydrogens is 775 g/mol. The highest BCUT2D eigenvalue weighted by Gasteiger charge is 2.26. The normalized spacial score (nSPS) is 13.7. The van der Waals surface area contributed by atoms with Crippen molar-refractivity contribution in [2.24, 2.45) is 0 Å². The molecule has 0 aromatic carbocycles. The Bertz CT molecular complexity index is 1020. The molecule has 0 fully saturated rings. The van der Waals surface area contributed by atoms with Crippen LogP contribution in [-0.4, -0.2) is 46.1 Å². The molecule has 3 atom stereocenters. The maximum atomic E-state index is 12.5. The van der Waals surface area contributed by atoms with Crippen molar-refractivity contribution in [3.8, 4) is 0 Å². The Balaban J connectivity index is 3.60. The highest BCUT2D eigenvalue weighted by atomic mass is 16.3. The lowest BCUT2D eigenvalue weighted by Crippen LogP contribution is -2.50. The number of allylic oxidation sites excluding steroid dienone is 8. The number of aliphatic hydroxyl groups excluding tert-OH is 3. The van der Waals surface area contributed by atoms with Crippen LogP contribution in [0.5, 0.6) is 0 Å². The predicted octanol–water partition coefficient (Wildman–Crippen LogP) is 17.2. The Morgan fingerprint density at radius 1 is 0.397 bits per heavy atom. The minimum Gasteiger partial charge on any atom is -0.394 e. The van der Waals surface area contributed by atoms with Gasteiger partial charge in [0.2, 0.25) is 5.91 Å². The number of aliphatic hydroxyl groups is 3. The SMILES string of the molecule is CCCCCCCCCCC/C=C\C/C=C\CCCCCCCCCCCCCCCC(=O)NC(CO)C(O)C(O)CCC/C=C/CC/C=C/CCCCCCCCCCCCC. The third-order valence-electron chi connectivity index (χ3n) is 12.9. The van der Waals surface area contributed by atoms with Crippen LogP contribution in [-0.2, 0) is 4.79 Å². The topological polar surface area (TPSA) is 89.8 Å². The van der Waals surface area contributed by atoms with Crippen LogP contribution in [0.2, 0.25) is 0 Å². The second kappa shape index (κ2) is 52.9. The molecule has 5 nitrogen and oxygen atoms in total. The van der Waals surface area contributed by atoms with E-state index in [0.29, 0.717) is 12.8 Å². The molecule has 370 valence electrons. The molecule has 63 heavy (non-hydrogen) atoms. The zero-order chi connectivity index (χ0) is 45.8. The molecule has 0 rings (SSSR count). The Hall–Kier alpha value is -1.69. The fourth-order valence-corrected chi connectivity index (χ4v) is 8.56. The summed E-state index contributed by atoms with van der Waals surface area (Å²) in [6, 6.07) is -0.835. The standard InChI is InChI=1S/C58H109NO4/c1-3-5-7-9-11-13-15-17-19-21-23-25-26-27-28-29-30-31-32-33-35-37-39-41-43-45-47-49-51-53-57(62)59-55(54-60)58(63)56(61)52-50-48-46-44-42-40-38-36-34-24-22-20-18-16-14-12-10-8-6-4-2/h23,25,27-28,36,38,44,46,55-56,58,60-61,63H,3-22,24,26,29-35,37,39-43,45,47-54H2,1-2H3,(H,59,62)/b25-23-,28-27-,38-36+,46-44+. The van der Waals surface area contributed by atoms with Crippen molar-refractivity contribution in [1.82, 2.24) is 5.32 Å². The average molecular weight is 885 g/mol. The van der Waals surface area contributed by atoms with Crippen LogP contribution in [0.25, 0.3) is 0 Å². The number of hydrogen-bond acceptors (Lipinski definition) is 4. The quantitative estimate of drug-likeness (QED) is 0.0362. The molecule has 0 aliphatic rings. The van der Waals surface area contributed by atoms with E-state index < -0.39 is 18.2 Å². The molecule has 0 spiro atoms. The number of nitrogens with one attached hydrogen (secondary N) is 1. The van der Waals surface area contributed by atoms with Gasteiger partial charge in [0.05, 0.1) is 18.8 Å². The van der Waals surface area contributed by atoms with Crippen molar-refractivity contribution >= 4 is 5.91 Å². The highest BCUT2D eigenvalue weighted by molar-refractivity contribution is 5.76. The fourth-order valence-electron chi connectivity index (χ4n) is 8.56. The Labute approximate surface area is 393 Å². The molecule has 0 aromatic heterocycles. The molecule has 0 aromatic rings. The largest absolute Gasteiger partial charge is 0.394 e. The van der Waals surface area contributed by atoms with Crippen molar-refractivity contribution in [2.75, 3.05) is 6.61 Å². The lowest BCUT2D eigenvalue weighted by Gasteiger charge is -2.26. The van der Waals surface area contributed by atoms with Crippen LogP contribution in [0.15, 0.2) is 48.6 Å². The molecule has 0 saturated carbocycles. The fraction of sp³-hybridized carbons (Fsp3) is 0.845. The van der Waals surface area contributed by atoms with Gasteiger partial charge in [0, 0.05) is 6.42 Å². The minimum absolute atomic E-state index is 0.157. The number of carbonyl (C=O) groups is 1. The molecule has 0 aliphatic heterocycles. The Morgan fingerprint density at radius 3 is 1.06 bits per heavy atom. The summed E-state index contributed by atoms with van der Waals surface area (Å²) >= 11 is 0. The van der Waals surface area contributed by atoms with E-state index in [9.17, 15) is 20.1 Å². The molecule has 4 N–H and O–H groups in total. The van der Waals surface area contributed by atoms with Gasteiger partial charge in [-0.25, -0.2) is 0 Å². The van der Waals surface area contributed by atoms with E-state index in [1.807, 2.05) is 0 Å². The van der Waals surface area contributed by atoms with Gasteiger partial charge in [-0.05, 0) is 83.5 Å². The summed E-state index contributed by atoms with van der Waals surface area (Å²) in [6.45, 7) is 4.18. The summed E-state index contributed by atoms with van der Waals surface area (Å²) in [4.78, 5) is 12.5. The van der Waals surface area contributed by atoms with Crippen molar-refractivity contribution in [1.29, 1.82) is 0 Å². The summed E-state index contributed by atoms with van der Waals surface area (Å²) in [7, 11) is 0. The van der Waals surface area contributed by atoms with E-state index in [2.05, 4.69) is 67.8 Å². The lowest BCUT2D eigenvalue weighted by molar-refractivity contribution is -0.124. The van der Waals surface area contributed by atoms with Crippen LogP contribution in [0.4, 0.5) is 0 Å². The summed E-state index contributed by atoms with van der Waals surface area (Å²) in [5.74, 6) is -0.157. The third kappa shape index (κ3) is 48.1. The van der Waals surface area contributed by atoms with Gasteiger partial charge in [0.1, 0.15) is 6.10 Å². The molecule has 3 unspecified atom stereocenters. The van der Waals surface area contributed by atoms with Crippen molar-refractivity contribution in [3.63, 3.8) is 0 Å². The van der Waals surface area contributed by atoms with Gasteiger partial charge in [-0.2, -0.15) is 0 Å². The van der Waals surface area contributed by atoms with Crippen LogP contribution in [0.1, 0.15) is 290 Å². The summed E-state index contributed by atoms with van der Waals surface area (Å²) in [5, 5.41) is 33.7. The predicted molar refractivity (Wildman–Crippen MR) is 277 cm³/mol. The number of unbranched alkanes of at least 4 members (excludes halogenated alkanes) is 35. The molecule has 5 heteroatoms. The Morgan fingerprint density at radius 2 is 0.698 bits per heavy atom. The first-order valence-electron chi connectivity index (χ1n) is 27.9. The third-order valence-corrected chi connectivity index (χ3v) is 12.9. The number of amides is 1. The van der Waals surface area contributed by atoms with E-state index in [1.54, 1.807) is 0 Å². The van der Waals surface area contributed by atoms with Gasteiger partial charge in [-0.1, -0.05) is 249 Å². The second-order valence-corrected chi connectivity index (χ2v) is 19.1. The zero-order valence-electron chi connectivity index (χ0n) is 42.2. The van der Waals surface area contributed by atoms with E-state index in [-0.39, 0.29) is 12.5 Å². The first-order valence-corrected chi connectivity index (χ1v) is 27.9. The van der Waals surface area contributed by atoms with Crippen molar-refractivity contribution in [2.45, 2.75) is 308 Å². The maximum Gasteiger partial charge on any atom is 0.220 e. The number of rotatable bonds is 51. The summed E-state index contributed by atoms with van der Waals surface area (Å²) < 4.78 is 0. The lowest BCUT2D eigenvalue weighted by atomic mass is 10.0. The van der Waals surface area contributed by atoms with Crippen LogP contribution in [0, 0.1) is 0 Å². The van der Waals surface area contributed by atoms with Crippen LogP contribution >= 0.6 is 0 Å². The minimum atomic E-state index is -1.17. The molecule has 0 heterocycles. The first-order chi connectivity index (χ1) is 31.1. The molecular formula is C58H109NO4. The molecule has 0 saturated heterocycles. The highest BCUT2D eigenvalue weighted by Crippen LogP contribution is 2.16. The molecule has 0 aliphatic carbocycles. The maximum absolute atomic E-state index is 12.5. The van der Waals surface area contributed by atoms with E-state index in [1.165, 1.54) is 212 Å². The number of carbonyl (C=O) groups excluding carboxylic acids is 1. The van der Waals surface area contributed by atoms with Crippen LogP contribution < -0.4 is 5.32 Å². The second-order valence-electron chi connectivity index (χ2n) is 19.1. The van der Waals surface area contributed by atoms with Gasteiger partial charge in [0.15, 0.2) is 0 Å². The van der Waals surface area contributed by atoms with Gasteiger partial charge in [-0.3, -0.25) is 4.79 Å². The van der Waals surface area contributed by atoms with Gasteiger partial charge < -0.3 is 20.6 Å². The number of hydrogen-bond donors (Lipinski definition) is 4. The summed E-state index contributed by atoms with van der Waals surface area (Å²) in [5.41, 5.74) is 0. The van der Waals surface area contributed by atoms with Gasteiger partial charge >= 0.3 is 0 Å². The summed E-state index contributed by atoms with van der Waals surface area (Å²) in [6.07, 6.45) is 69.8.